The van der Waals surface area contributed by atoms with Gasteiger partial charge in [0, 0.05) is 18.8 Å². The minimum Gasteiger partial charge on any atom is -0.496 e. The van der Waals surface area contributed by atoms with Crippen LogP contribution < -0.4 is 19.5 Å². The Morgan fingerprint density at radius 1 is 0.875 bits per heavy atom. The lowest BCUT2D eigenvalue weighted by Gasteiger charge is -2.19. The smallest absolute Gasteiger partial charge is 0.257 e. The molecule has 32 heavy (non-hydrogen) atoms. The molecule has 0 heterocycles. The summed E-state index contributed by atoms with van der Waals surface area (Å²) in [6.07, 6.45) is 0. The molecule has 2 amide bonds. The Kier molecular flexibility index (Phi) is 7.54. The van der Waals surface area contributed by atoms with Crippen LogP contribution in [-0.4, -0.2) is 50.6 Å². The summed E-state index contributed by atoms with van der Waals surface area (Å²) in [6.45, 7) is 4.64. The van der Waals surface area contributed by atoms with Crippen LogP contribution in [0.4, 0.5) is 5.69 Å². The van der Waals surface area contributed by atoms with E-state index in [1.165, 1.54) is 12.0 Å². The summed E-state index contributed by atoms with van der Waals surface area (Å²) in [5.41, 5.74) is 0.965. The molecule has 7 heteroatoms. The van der Waals surface area contributed by atoms with Crippen molar-refractivity contribution in [3.8, 4) is 17.2 Å². The van der Waals surface area contributed by atoms with Crippen LogP contribution >= 0.6 is 0 Å². The third-order valence-corrected chi connectivity index (χ3v) is 4.85. The van der Waals surface area contributed by atoms with Gasteiger partial charge < -0.3 is 24.4 Å². The van der Waals surface area contributed by atoms with Gasteiger partial charge in [0.15, 0.2) is 11.5 Å². The fraction of sp³-hybridized carbons (Fsp3) is 0.280. The van der Waals surface area contributed by atoms with Crippen molar-refractivity contribution in [3.05, 3.63) is 60.2 Å². The highest BCUT2D eigenvalue weighted by Crippen LogP contribution is 2.31. The summed E-state index contributed by atoms with van der Waals surface area (Å²) in [5.74, 6) is 1.01. The summed E-state index contributed by atoms with van der Waals surface area (Å²) in [5, 5.41) is 4.70. The Hall–Kier alpha value is -3.74. The number of nitrogens with zero attached hydrogens (tertiary/aromatic N) is 1. The maximum atomic E-state index is 13.0. The number of fused-ring (bicyclic) bond motifs is 1. The van der Waals surface area contributed by atoms with E-state index in [9.17, 15) is 9.59 Å². The standard InChI is InChI=1S/C25H28N2O5/c1-5-31-21-12-11-19(15-23(21)32-6-2)26-24(28)16-27(3)25(29)20-13-17-9-7-8-10-18(17)14-22(20)30-4/h7-15H,5-6,16H2,1-4H3,(H,26,28). The molecule has 1 N–H and O–H groups in total. The third kappa shape index (κ3) is 5.29. The normalized spacial score (nSPS) is 10.5. The zero-order valence-corrected chi connectivity index (χ0v) is 18.8. The quantitative estimate of drug-likeness (QED) is 0.539. The molecule has 0 saturated carbocycles. The number of rotatable bonds is 9. The molecule has 0 bridgehead atoms. The Morgan fingerprint density at radius 2 is 1.53 bits per heavy atom. The highest BCUT2D eigenvalue weighted by Gasteiger charge is 2.20. The zero-order chi connectivity index (χ0) is 23.1. The number of nitrogens with one attached hydrogen (secondary N) is 1. The predicted molar refractivity (Wildman–Crippen MR) is 125 cm³/mol. The van der Waals surface area contributed by atoms with Crippen molar-refractivity contribution < 1.29 is 23.8 Å². The molecular formula is C25H28N2O5. The monoisotopic (exact) mass is 436 g/mol. The van der Waals surface area contributed by atoms with Gasteiger partial charge in [0.05, 0.1) is 32.4 Å². The molecule has 7 nitrogen and oxygen atoms in total. The number of hydrogen-bond acceptors (Lipinski definition) is 5. The van der Waals surface area contributed by atoms with E-state index in [2.05, 4.69) is 5.32 Å². The molecule has 3 aromatic rings. The van der Waals surface area contributed by atoms with Crippen LogP contribution in [0.2, 0.25) is 0 Å². The lowest BCUT2D eigenvalue weighted by Crippen LogP contribution is -2.35. The van der Waals surface area contributed by atoms with Crippen LogP contribution in [0.3, 0.4) is 0 Å². The van der Waals surface area contributed by atoms with Gasteiger partial charge in [-0.15, -0.1) is 0 Å². The van der Waals surface area contributed by atoms with Gasteiger partial charge in [-0.3, -0.25) is 9.59 Å². The highest BCUT2D eigenvalue weighted by atomic mass is 16.5. The molecule has 0 fully saturated rings. The fourth-order valence-corrected chi connectivity index (χ4v) is 3.38. The van der Waals surface area contributed by atoms with Crippen LogP contribution in [-0.2, 0) is 4.79 Å². The number of methoxy groups -OCH3 is 1. The predicted octanol–water partition coefficient (Wildman–Crippen LogP) is 4.36. The molecule has 0 aliphatic heterocycles. The number of likely N-dealkylation sites (N-methyl/N-ethyl adjacent to an activating group) is 1. The van der Waals surface area contributed by atoms with E-state index in [-0.39, 0.29) is 18.4 Å². The van der Waals surface area contributed by atoms with Gasteiger partial charge in [-0.2, -0.15) is 0 Å². The van der Waals surface area contributed by atoms with Crippen molar-refractivity contribution in [2.24, 2.45) is 0 Å². The molecular weight excluding hydrogens is 408 g/mol. The average Bonchev–Trinajstić information content (AvgIpc) is 2.79. The number of carbonyl (C=O) groups is 2. The maximum absolute atomic E-state index is 13.0. The number of ether oxygens (including phenoxy) is 3. The molecule has 168 valence electrons. The van der Waals surface area contributed by atoms with Crippen LogP contribution in [0, 0.1) is 0 Å². The largest absolute Gasteiger partial charge is 0.496 e. The molecule has 0 aliphatic rings. The first kappa shape index (κ1) is 22.9. The van der Waals surface area contributed by atoms with E-state index < -0.39 is 0 Å². The Bertz CT molecular complexity index is 1110. The van der Waals surface area contributed by atoms with E-state index in [4.69, 9.17) is 14.2 Å². The summed E-state index contributed by atoms with van der Waals surface area (Å²) >= 11 is 0. The number of hydrogen-bond donors (Lipinski definition) is 1. The molecule has 3 rings (SSSR count). The van der Waals surface area contributed by atoms with Gasteiger partial charge in [-0.1, -0.05) is 24.3 Å². The number of anilines is 1. The van der Waals surface area contributed by atoms with Crippen LogP contribution in [0.5, 0.6) is 17.2 Å². The zero-order valence-electron chi connectivity index (χ0n) is 18.8. The first-order chi connectivity index (χ1) is 15.5. The van der Waals surface area contributed by atoms with E-state index in [0.717, 1.165) is 10.8 Å². The maximum Gasteiger partial charge on any atom is 0.257 e. The van der Waals surface area contributed by atoms with Crippen molar-refractivity contribution in [1.29, 1.82) is 0 Å². The van der Waals surface area contributed by atoms with Gasteiger partial charge in [0.2, 0.25) is 5.91 Å². The molecule has 3 aromatic carbocycles. The average molecular weight is 437 g/mol. The van der Waals surface area contributed by atoms with Crippen molar-refractivity contribution in [2.75, 3.05) is 39.2 Å². The van der Waals surface area contributed by atoms with Crippen LogP contribution in [0.1, 0.15) is 24.2 Å². The third-order valence-electron chi connectivity index (χ3n) is 4.85. The second-order valence-corrected chi connectivity index (χ2v) is 7.14. The SMILES string of the molecule is CCOc1ccc(NC(=O)CN(C)C(=O)c2cc3ccccc3cc2OC)cc1OCC. The minimum absolute atomic E-state index is 0.119. The lowest BCUT2D eigenvalue weighted by molar-refractivity contribution is -0.116. The molecule has 0 radical (unpaired) electrons. The molecule has 0 saturated heterocycles. The Balaban J connectivity index is 1.72. The van der Waals surface area contributed by atoms with E-state index in [1.54, 1.807) is 31.3 Å². The lowest BCUT2D eigenvalue weighted by atomic mass is 10.0. The second-order valence-electron chi connectivity index (χ2n) is 7.14. The summed E-state index contributed by atoms with van der Waals surface area (Å²) in [6, 6.07) is 16.5. The number of amides is 2. The molecule has 0 atom stereocenters. The number of carbonyl (C=O) groups excluding carboxylic acids is 2. The van der Waals surface area contributed by atoms with Crippen molar-refractivity contribution in [2.45, 2.75) is 13.8 Å². The summed E-state index contributed by atoms with van der Waals surface area (Å²) in [4.78, 5) is 27.0. The van der Waals surface area contributed by atoms with Crippen LogP contribution in [0.15, 0.2) is 54.6 Å². The minimum atomic E-state index is -0.327. The summed E-state index contributed by atoms with van der Waals surface area (Å²) in [7, 11) is 3.11. The topological polar surface area (TPSA) is 77.1 Å². The van der Waals surface area contributed by atoms with Gasteiger partial charge in [-0.05, 0) is 48.9 Å². The van der Waals surface area contributed by atoms with Gasteiger partial charge >= 0.3 is 0 Å². The second kappa shape index (κ2) is 10.5. The van der Waals surface area contributed by atoms with E-state index >= 15 is 0 Å². The fourth-order valence-electron chi connectivity index (χ4n) is 3.38. The number of benzene rings is 3. The molecule has 0 aliphatic carbocycles. The van der Waals surface area contributed by atoms with Gasteiger partial charge in [0.1, 0.15) is 5.75 Å². The van der Waals surface area contributed by atoms with E-state index in [1.807, 2.05) is 44.2 Å². The molecule has 0 aromatic heterocycles. The molecule has 0 unspecified atom stereocenters. The van der Waals surface area contributed by atoms with Crippen molar-refractivity contribution in [3.63, 3.8) is 0 Å². The highest BCUT2D eigenvalue weighted by molar-refractivity contribution is 6.03. The van der Waals surface area contributed by atoms with Gasteiger partial charge in [0.25, 0.3) is 5.91 Å². The Labute approximate surface area is 187 Å². The first-order valence-electron chi connectivity index (χ1n) is 10.5. The summed E-state index contributed by atoms with van der Waals surface area (Å²) < 4.78 is 16.6. The van der Waals surface area contributed by atoms with E-state index in [0.29, 0.717) is 41.7 Å². The Morgan fingerprint density at radius 3 is 2.19 bits per heavy atom. The van der Waals surface area contributed by atoms with Crippen LogP contribution in [0.25, 0.3) is 10.8 Å². The van der Waals surface area contributed by atoms with Crippen molar-refractivity contribution in [1.82, 2.24) is 4.90 Å². The first-order valence-corrected chi connectivity index (χ1v) is 10.5. The molecule has 0 spiro atoms. The van der Waals surface area contributed by atoms with Crippen molar-refractivity contribution >= 4 is 28.3 Å². The van der Waals surface area contributed by atoms with Gasteiger partial charge in [-0.25, -0.2) is 0 Å².